The summed E-state index contributed by atoms with van der Waals surface area (Å²) in [5, 5.41) is 8.39. The van der Waals surface area contributed by atoms with Gasteiger partial charge in [-0.25, -0.2) is 4.98 Å². The van der Waals surface area contributed by atoms with Crippen LogP contribution in [0.4, 0.5) is 18.3 Å². The number of thiazole rings is 1. The van der Waals surface area contributed by atoms with Crippen molar-refractivity contribution < 1.29 is 18.0 Å². The number of hydrogen-bond acceptors (Lipinski definition) is 5. The van der Waals surface area contributed by atoms with E-state index < -0.39 is 11.7 Å². The zero-order valence-electron chi connectivity index (χ0n) is 14.7. The molecule has 144 valence electrons. The van der Waals surface area contributed by atoms with E-state index in [4.69, 9.17) is 4.84 Å². The molecule has 0 aliphatic carbocycles. The first kappa shape index (κ1) is 18.3. The molecule has 0 atom stereocenters. The lowest BCUT2D eigenvalue weighted by Crippen LogP contribution is -2.03. The van der Waals surface area contributed by atoms with E-state index in [0.717, 1.165) is 39.9 Å². The average molecular weight is 404 g/mol. The van der Waals surface area contributed by atoms with Gasteiger partial charge in [-0.15, -0.1) is 0 Å². The number of anilines is 1. The number of rotatable bonds is 5. The summed E-state index contributed by atoms with van der Waals surface area (Å²) in [5.41, 5.74) is 1.83. The summed E-state index contributed by atoms with van der Waals surface area (Å²) in [4.78, 5) is 9.45. The summed E-state index contributed by atoms with van der Waals surface area (Å²) < 4.78 is 40.8. The van der Waals surface area contributed by atoms with Crippen LogP contribution in [0.5, 0.6) is 0 Å². The van der Waals surface area contributed by atoms with E-state index in [2.05, 4.69) is 15.5 Å². The normalized spacial score (nSPS) is 12.3. The Balaban J connectivity index is 1.39. The van der Waals surface area contributed by atoms with Crippen LogP contribution in [-0.4, -0.2) is 22.5 Å². The zero-order valence-corrected chi connectivity index (χ0v) is 15.5. The topological polar surface area (TPSA) is 51.4 Å². The molecule has 0 radical (unpaired) electrons. The van der Waals surface area contributed by atoms with Crippen LogP contribution in [0.15, 0.2) is 53.8 Å². The number of aromatic nitrogens is 2. The number of halogens is 3. The third kappa shape index (κ3) is 3.65. The van der Waals surface area contributed by atoms with Gasteiger partial charge in [0, 0.05) is 29.7 Å². The minimum Gasteiger partial charge on any atom is -0.374 e. The molecule has 9 heteroatoms. The Hall–Kier alpha value is -3.07. The number of nitrogens with zero attached hydrogens (tertiary/aromatic N) is 3. The fourth-order valence-electron chi connectivity index (χ4n) is 2.88. The summed E-state index contributed by atoms with van der Waals surface area (Å²) in [7, 11) is 1.96. The Morgan fingerprint density at radius 1 is 1.25 bits per heavy atom. The van der Waals surface area contributed by atoms with Gasteiger partial charge in [0.25, 0.3) is 0 Å². The van der Waals surface area contributed by atoms with E-state index in [0.29, 0.717) is 15.3 Å². The fourth-order valence-corrected chi connectivity index (χ4v) is 3.77. The number of hydrogen-bond donors (Lipinski definition) is 1. The van der Waals surface area contributed by atoms with Gasteiger partial charge in [0.15, 0.2) is 11.9 Å². The van der Waals surface area contributed by atoms with Crippen LogP contribution in [0.1, 0.15) is 11.1 Å². The summed E-state index contributed by atoms with van der Waals surface area (Å²) in [5.74, 6) is 0. The highest BCUT2D eigenvalue weighted by molar-refractivity contribution is 7.22. The van der Waals surface area contributed by atoms with Crippen molar-refractivity contribution in [2.75, 3.05) is 12.0 Å². The van der Waals surface area contributed by atoms with Crippen LogP contribution in [0.2, 0.25) is 0 Å². The first-order valence-electron chi connectivity index (χ1n) is 8.33. The van der Waals surface area contributed by atoms with Gasteiger partial charge in [-0.1, -0.05) is 34.7 Å². The van der Waals surface area contributed by atoms with Crippen molar-refractivity contribution in [3.8, 4) is 0 Å². The maximum atomic E-state index is 12.8. The molecule has 28 heavy (non-hydrogen) atoms. The van der Waals surface area contributed by atoms with E-state index in [9.17, 15) is 13.2 Å². The first-order chi connectivity index (χ1) is 13.4. The monoisotopic (exact) mass is 404 g/mol. The Labute approximate surface area is 162 Å². The summed E-state index contributed by atoms with van der Waals surface area (Å²) >= 11 is 1.13. The maximum Gasteiger partial charge on any atom is 0.416 e. The lowest BCUT2D eigenvalue weighted by atomic mass is 10.2. The van der Waals surface area contributed by atoms with Crippen LogP contribution in [0.25, 0.3) is 21.1 Å². The van der Waals surface area contributed by atoms with E-state index in [1.54, 1.807) is 6.21 Å². The van der Waals surface area contributed by atoms with Crippen LogP contribution in [0.3, 0.4) is 0 Å². The molecule has 0 amide bonds. The van der Waals surface area contributed by atoms with Crippen molar-refractivity contribution in [2.24, 2.45) is 12.2 Å². The molecular weight excluding hydrogens is 389 g/mol. The molecule has 0 saturated heterocycles. The number of fused-ring (bicyclic) bond motifs is 2. The second-order valence-electron chi connectivity index (χ2n) is 6.10. The Morgan fingerprint density at radius 3 is 2.89 bits per heavy atom. The summed E-state index contributed by atoms with van der Waals surface area (Å²) in [6.07, 6.45) is -0.792. The molecule has 0 aliphatic rings. The highest BCUT2D eigenvalue weighted by Crippen LogP contribution is 2.34. The van der Waals surface area contributed by atoms with Gasteiger partial charge in [-0.3, -0.25) is 0 Å². The fraction of sp³-hybridized carbons (Fsp3) is 0.158. The largest absolute Gasteiger partial charge is 0.416 e. The first-order valence-corrected chi connectivity index (χ1v) is 9.14. The number of para-hydroxylation sites is 1. The third-order valence-electron chi connectivity index (χ3n) is 4.20. The van der Waals surface area contributed by atoms with Crippen molar-refractivity contribution in [2.45, 2.75) is 6.18 Å². The zero-order chi connectivity index (χ0) is 19.7. The molecule has 5 nitrogen and oxygen atoms in total. The number of oxime groups is 1. The SMILES string of the molecule is Cn1cc(/C=N/OCNc2nc3ccc(C(F)(F)F)cc3s2)c2ccccc21. The molecule has 1 N–H and O–H groups in total. The molecule has 0 spiro atoms. The average Bonchev–Trinajstić information content (AvgIpc) is 3.21. The van der Waals surface area contributed by atoms with Crippen LogP contribution in [0, 0.1) is 0 Å². The van der Waals surface area contributed by atoms with Gasteiger partial charge in [-0.2, -0.15) is 13.2 Å². The van der Waals surface area contributed by atoms with Gasteiger partial charge >= 0.3 is 6.18 Å². The number of alkyl halides is 3. The highest BCUT2D eigenvalue weighted by Gasteiger charge is 2.30. The second-order valence-corrected chi connectivity index (χ2v) is 7.13. The van der Waals surface area contributed by atoms with Crippen LogP contribution < -0.4 is 5.32 Å². The lowest BCUT2D eigenvalue weighted by Gasteiger charge is -2.04. The Bertz CT molecular complexity index is 1160. The molecule has 0 saturated carbocycles. The van der Waals surface area contributed by atoms with Crippen LogP contribution in [-0.2, 0) is 18.1 Å². The molecule has 0 fully saturated rings. The number of nitrogens with one attached hydrogen (secondary N) is 1. The van der Waals surface area contributed by atoms with Gasteiger partial charge < -0.3 is 14.7 Å². The third-order valence-corrected chi connectivity index (χ3v) is 5.17. The molecule has 4 rings (SSSR count). The van der Waals surface area contributed by atoms with Gasteiger partial charge in [-0.05, 0) is 24.3 Å². The van der Waals surface area contributed by atoms with Gasteiger partial charge in [0.1, 0.15) is 0 Å². The second kappa shape index (κ2) is 7.16. The van der Waals surface area contributed by atoms with Crippen LogP contribution >= 0.6 is 11.3 Å². The molecule has 2 heterocycles. The molecule has 4 aromatic rings. The highest BCUT2D eigenvalue weighted by atomic mass is 32.1. The van der Waals surface area contributed by atoms with Crippen molar-refractivity contribution in [1.29, 1.82) is 0 Å². The molecular formula is C19H15F3N4OS. The minimum absolute atomic E-state index is 0.0488. The summed E-state index contributed by atoms with van der Waals surface area (Å²) in [6, 6.07) is 11.4. The van der Waals surface area contributed by atoms with Crippen molar-refractivity contribution in [3.63, 3.8) is 0 Å². The molecule has 0 unspecified atom stereocenters. The van der Waals surface area contributed by atoms with E-state index in [1.165, 1.54) is 6.07 Å². The number of benzene rings is 2. The minimum atomic E-state index is -4.37. The van der Waals surface area contributed by atoms with E-state index in [-0.39, 0.29) is 6.73 Å². The molecule has 0 aliphatic heterocycles. The smallest absolute Gasteiger partial charge is 0.374 e. The van der Waals surface area contributed by atoms with Crippen molar-refractivity contribution in [1.82, 2.24) is 9.55 Å². The quantitative estimate of drug-likeness (QED) is 0.215. The molecule has 2 aromatic heterocycles. The van der Waals surface area contributed by atoms with E-state index in [1.807, 2.05) is 42.1 Å². The Kier molecular flexibility index (Phi) is 4.68. The predicted molar refractivity (Wildman–Crippen MR) is 105 cm³/mol. The molecule has 2 aromatic carbocycles. The van der Waals surface area contributed by atoms with Crippen molar-refractivity contribution >= 4 is 43.8 Å². The lowest BCUT2D eigenvalue weighted by molar-refractivity contribution is -0.137. The number of aryl methyl sites for hydroxylation is 1. The molecule has 0 bridgehead atoms. The predicted octanol–water partition coefficient (Wildman–Crippen LogP) is 5.23. The standard InChI is InChI=1S/C19H15F3N4OS/c1-26-10-12(14-4-2-3-5-16(14)26)9-24-27-11-23-18-25-15-7-6-13(19(20,21)22)8-17(15)28-18/h2-10H,11H2,1H3,(H,23,25)/b24-9+. The van der Waals surface area contributed by atoms with Gasteiger partial charge in [0.05, 0.1) is 22.0 Å². The Morgan fingerprint density at radius 2 is 2.07 bits per heavy atom. The van der Waals surface area contributed by atoms with Gasteiger partial charge in [0.2, 0.25) is 0 Å². The van der Waals surface area contributed by atoms with E-state index >= 15 is 0 Å². The maximum absolute atomic E-state index is 12.8. The van der Waals surface area contributed by atoms with Crippen molar-refractivity contribution in [3.05, 3.63) is 59.8 Å². The summed E-state index contributed by atoms with van der Waals surface area (Å²) in [6.45, 7) is 0.0488.